The fourth-order valence-electron chi connectivity index (χ4n) is 1.54. The molecule has 1 N–H and O–H groups in total. The molecule has 0 amide bonds. The molecule has 0 aliphatic heterocycles. The number of likely N-dealkylation sites (N-methyl/N-ethyl adjacent to an activating group) is 2. The maximum atomic E-state index is 10.6. The molecule has 0 atom stereocenters. The fraction of sp³-hybridized carbons (Fsp3) is 1.00. The van der Waals surface area contributed by atoms with Gasteiger partial charge >= 0.3 is 0 Å². The average Bonchev–Trinajstić information content (AvgIpc) is 2.10. The van der Waals surface area contributed by atoms with Crippen LogP contribution in [-0.2, 0) is 10.1 Å². The van der Waals surface area contributed by atoms with Crippen LogP contribution in [0, 0.1) is 0 Å². The van der Waals surface area contributed by atoms with Gasteiger partial charge in [0.05, 0.1) is 32.9 Å². The summed E-state index contributed by atoms with van der Waals surface area (Å²) in [5.41, 5.74) is 0. The minimum atomic E-state index is -3.83. The van der Waals surface area contributed by atoms with Crippen molar-refractivity contribution in [2.24, 2.45) is 0 Å². The Bertz CT molecular complexity index is 288. The molecule has 98 valence electrons. The van der Waals surface area contributed by atoms with Crippen LogP contribution in [0.25, 0.3) is 0 Å². The van der Waals surface area contributed by atoms with E-state index in [9.17, 15) is 8.42 Å². The quantitative estimate of drug-likeness (QED) is 0.499. The topological polar surface area (TPSA) is 57.6 Å². The lowest BCUT2D eigenvalue weighted by Crippen LogP contribution is -2.45. The molecule has 0 radical (unpaired) electrons. The second-order valence-electron chi connectivity index (χ2n) is 4.97. The minimum Gasteiger partial charge on any atom is -0.327 e. The Morgan fingerprint density at radius 3 is 2.19 bits per heavy atom. The summed E-state index contributed by atoms with van der Waals surface area (Å²) in [5, 5.41) is 0. The van der Waals surface area contributed by atoms with Crippen LogP contribution in [0.3, 0.4) is 0 Å². The van der Waals surface area contributed by atoms with Gasteiger partial charge in [-0.1, -0.05) is 6.92 Å². The lowest BCUT2D eigenvalue weighted by atomic mass is 10.3. The van der Waals surface area contributed by atoms with Crippen molar-refractivity contribution in [3.8, 4) is 0 Å². The summed E-state index contributed by atoms with van der Waals surface area (Å²) in [6.45, 7) is 5.47. The molecule has 16 heavy (non-hydrogen) atoms. The van der Waals surface area contributed by atoms with Gasteiger partial charge in [-0.05, 0) is 13.5 Å². The van der Waals surface area contributed by atoms with E-state index in [-0.39, 0.29) is 5.75 Å². The Kier molecular flexibility index (Phi) is 6.47. The second kappa shape index (κ2) is 6.54. The summed E-state index contributed by atoms with van der Waals surface area (Å²) >= 11 is 0. The fourth-order valence-corrected chi connectivity index (χ4v) is 2.08. The lowest BCUT2D eigenvalue weighted by Gasteiger charge is -2.31. The van der Waals surface area contributed by atoms with Crippen molar-refractivity contribution in [3.05, 3.63) is 0 Å². The summed E-state index contributed by atoms with van der Waals surface area (Å²) in [6, 6.07) is 0. The van der Waals surface area contributed by atoms with E-state index in [0.717, 1.165) is 30.5 Å². The van der Waals surface area contributed by atoms with E-state index in [2.05, 4.69) is 21.0 Å². The Morgan fingerprint density at radius 2 is 1.75 bits per heavy atom. The van der Waals surface area contributed by atoms with E-state index in [1.807, 2.05) is 11.9 Å². The molecular weight excluding hydrogens is 228 g/mol. The van der Waals surface area contributed by atoms with Gasteiger partial charge in [0, 0.05) is 13.1 Å². The standard InChI is InChI=1S/C10H24N2O3S/c1-5-8-12(3,4)9-6-11(2)7-10-16(13,14)15/h5-10H2,1-4H3/p+1. The first kappa shape index (κ1) is 15.8. The molecule has 0 aromatic heterocycles. The highest BCUT2D eigenvalue weighted by Gasteiger charge is 2.15. The van der Waals surface area contributed by atoms with Crippen LogP contribution >= 0.6 is 0 Å². The van der Waals surface area contributed by atoms with Crippen molar-refractivity contribution in [1.29, 1.82) is 0 Å². The van der Waals surface area contributed by atoms with Crippen molar-refractivity contribution < 1.29 is 17.5 Å². The van der Waals surface area contributed by atoms with Gasteiger partial charge in [-0.3, -0.25) is 9.45 Å². The van der Waals surface area contributed by atoms with E-state index in [1.165, 1.54) is 0 Å². The van der Waals surface area contributed by atoms with Gasteiger partial charge in [0.25, 0.3) is 10.1 Å². The molecule has 0 fully saturated rings. The Labute approximate surface area is 99.4 Å². The molecule has 6 heteroatoms. The lowest BCUT2D eigenvalue weighted by molar-refractivity contribution is -0.889. The number of rotatable bonds is 8. The van der Waals surface area contributed by atoms with Crippen LogP contribution in [0.1, 0.15) is 13.3 Å². The van der Waals surface area contributed by atoms with E-state index in [0.29, 0.717) is 6.54 Å². The average molecular weight is 253 g/mol. The highest BCUT2D eigenvalue weighted by molar-refractivity contribution is 7.85. The van der Waals surface area contributed by atoms with Crippen LogP contribution in [-0.4, -0.2) is 75.4 Å². The van der Waals surface area contributed by atoms with Crippen LogP contribution < -0.4 is 0 Å². The molecule has 0 bridgehead atoms. The zero-order chi connectivity index (χ0) is 12.8. The molecule has 0 aromatic rings. The van der Waals surface area contributed by atoms with Gasteiger partial charge in [0.15, 0.2) is 0 Å². The molecule has 0 rings (SSSR count). The van der Waals surface area contributed by atoms with Crippen molar-refractivity contribution in [2.45, 2.75) is 13.3 Å². The number of hydrogen-bond donors (Lipinski definition) is 1. The molecule has 0 spiro atoms. The summed E-state index contributed by atoms with van der Waals surface area (Å²) in [7, 11) is 2.38. The van der Waals surface area contributed by atoms with Crippen molar-refractivity contribution in [3.63, 3.8) is 0 Å². The maximum Gasteiger partial charge on any atom is 0.266 e. The van der Waals surface area contributed by atoms with Gasteiger partial charge < -0.3 is 4.48 Å². The van der Waals surface area contributed by atoms with E-state index in [4.69, 9.17) is 4.55 Å². The molecule has 0 heterocycles. The molecule has 0 aromatic carbocycles. The van der Waals surface area contributed by atoms with Gasteiger partial charge in [0.1, 0.15) is 0 Å². The van der Waals surface area contributed by atoms with E-state index < -0.39 is 10.1 Å². The first-order chi connectivity index (χ1) is 7.16. The van der Waals surface area contributed by atoms with Crippen molar-refractivity contribution in [2.75, 3.05) is 53.1 Å². The summed E-state index contributed by atoms with van der Waals surface area (Å²) in [4.78, 5) is 1.93. The Hall–Kier alpha value is -0.170. The minimum absolute atomic E-state index is 0.190. The zero-order valence-electron chi connectivity index (χ0n) is 10.8. The highest BCUT2D eigenvalue weighted by Crippen LogP contribution is 1.99. The largest absolute Gasteiger partial charge is 0.327 e. The van der Waals surface area contributed by atoms with Gasteiger partial charge in [-0.2, -0.15) is 8.42 Å². The first-order valence-corrected chi connectivity index (χ1v) is 7.23. The van der Waals surface area contributed by atoms with Crippen molar-refractivity contribution >= 4 is 10.1 Å². The number of quaternary nitrogens is 1. The molecular formula is C10H25N2O3S+. The molecule has 5 nitrogen and oxygen atoms in total. The number of nitrogens with zero attached hydrogens (tertiary/aromatic N) is 2. The van der Waals surface area contributed by atoms with Gasteiger partial charge in [-0.15, -0.1) is 0 Å². The molecule has 0 aliphatic carbocycles. The maximum absolute atomic E-state index is 10.6. The smallest absolute Gasteiger partial charge is 0.266 e. The van der Waals surface area contributed by atoms with Crippen molar-refractivity contribution in [1.82, 2.24) is 4.90 Å². The Balaban J connectivity index is 3.85. The van der Waals surface area contributed by atoms with Gasteiger partial charge in [0.2, 0.25) is 0 Å². The molecule has 0 aliphatic rings. The van der Waals surface area contributed by atoms with E-state index >= 15 is 0 Å². The molecule has 0 saturated heterocycles. The summed E-state index contributed by atoms with van der Waals surface area (Å²) in [6.07, 6.45) is 1.14. The third-order valence-corrected chi connectivity index (χ3v) is 3.35. The number of hydrogen-bond acceptors (Lipinski definition) is 3. The van der Waals surface area contributed by atoms with E-state index in [1.54, 1.807) is 0 Å². The van der Waals surface area contributed by atoms with Gasteiger partial charge in [-0.25, -0.2) is 0 Å². The van der Waals surface area contributed by atoms with Crippen LogP contribution in [0.15, 0.2) is 0 Å². The SMILES string of the molecule is CCC[N+](C)(C)CCN(C)CCS(=O)(=O)O. The zero-order valence-corrected chi connectivity index (χ0v) is 11.6. The van der Waals surface area contributed by atoms with Crippen LogP contribution in [0.5, 0.6) is 0 Å². The summed E-state index contributed by atoms with van der Waals surface area (Å²) < 4.78 is 30.7. The van der Waals surface area contributed by atoms with Crippen LogP contribution in [0.2, 0.25) is 0 Å². The normalized spacial score (nSPS) is 13.4. The second-order valence-corrected chi connectivity index (χ2v) is 6.54. The highest BCUT2D eigenvalue weighted by atomic mass is 32.2. The third kappa shape index (κ3) is 9.08. The van der Waals surface area contributed by atoms with Crippen LogP contribution in [0.4, 0.5) is 0 Å². The Morgan fingerprint density at radius 1 is 1.19 bits per heavy atom. The molecule has 0 unspecified atom stereocenters. The molecule has 0 saturated carbocycles. The third-order valence-electron chi connectivity index (χ3n) is 2.65. The monoisotopic (exact) mass is 253 g/mol. The first-order valence-electron chi connectivity index (χ1n) is 5.62. The summed E-state index contributed by atoms with van der Waals surface area (Å²) in [5.74, 6) is -0.190. The predicted octanol–water partition coefficient (Wildman–Crippen LogP) is 0.292. The predicted molar refractivity (Wildman–Crippen MR) is 66.0 cm³/mol.